The quantitative estimate of drug-likeness (QED) is 0.162. The third-order valence-electron chi connectivity index (χ3n) is 17.3. The molecule has 5 aliphatic carbocycles. The fraction of sp³-hybridized carbons (Fsp3) is 0.907. The highest BCUT2D eigenvalue weighted by Gasteiger charge is 2.70. The van der Waals surface area contributed by atoms with Crippen LogP contribution in [0.2, 0.25) is 0 Å². The Morgan fingerprint density at radius 2 is 1.50 bits per heavy atom. The minimum atomic E-state index is -1.67. The summed E-state index contributed by atoms with van der Waals surface area (Å²) in [6, 6.07) is 0. The molecule has 0 aromatic rings. The predicted octanol–water partition coefficient (Wildman–Crippen LogP) is 3.18. The van der Waals surface area contributed by atoms with E-state index in [1.165, 1.54) is 12.7 Å². The molecule has 7 aliphatic rings. The van der Waals surface area contributed by atoms with E-state index in [0.29, 0.717) is 12.8 Å². The number of esters is 1. The molecule has 6 fully saturated rings. The Labute approximate surface area is 331 Å². The van der Waals surface area contributed by atoms with Crippen LogP contribution in [0.25, 0.3) is 0 Å². The Bertz CT molecular complexity index is 1550. The van der Waals surface area contributed by atoms with Gasteiger partial charge in [0, 0.05) is 12.3 Å². The summed E-state index contributed by atoms with van der Waals surface area (Å²) in [5.41, 5.74) is -0.391. The maximum Gasteiger partial charge on any atom is 0.311 e. The molecule has 13 nitrogen and oxygen atoms in total. The van der Waals surface area contributed by atoms with E-state index in [0.717, 1.165) is 44.9 Å². The van der Waals surface area contributed by atoms with Gasteiger partial charge in [0.2, 0.25) is 0 Å². The molecule has 2 heterocycles. The zero-order valence-electron chi connectivity index (χ0n) is 34.6. The van der Waals surface area contributed by atoms with Crippen LogP contribution in [0.15, 0.2) is 11.6 Å². The van der Waals surface area contributed by atoms with Crippen molar-refractivity contribution in [2.75, 3.05) is 20.3 Å². The lowest BCUT2D eigenvalue weighted by Gasteiger charge is -2.70. The SMILES string of the molecule is COC(=O)[C@@]1(C)CC[C@]2(C)CC[C@]3(C)C(=CC(=O)[C@@H]4[C@@]5(C)CC[C@H](O[C@@H]6C[C@@H](O)[C@H](O[C@H]7O[C@H](CO)[C@@H](O)[C@H](O)[C@H]7O)[C@@H](CO)O6)C(C)(C)[C@@H]5CC[C@]43C)[C@@H]2C1. The van der Waals surface area contributed by atoms with E-state index < -0.39 is 73.9 Å². The van der Waals surface area contributed by atoms with E-state index in [-0.39, 0.29) is 69.1 Å². The van der Waals surface area contributed by atoms with Crippen molar-refractivity contribution in [3.8, 4) is 0 Å². The average Bonchev–Trinajstić information content (AvgIpc) is 3.14. The molecule has 18 atom stereocenters. The van der Waals surface area contributed by atoms with Crippen LogP contribution in [0.1, 0.15) is 113 Å². The van der Waals surface area contributed by atoms with Gasteiger partial charge in [0.15, 0.2) is 18.4 Å². The second-order valence-corrected chi connectivity index (χ2v) is 20.6. The summed E-state index contributed by atoms with van der Waals surface area (Å²) < 4.78 is 29.5. The normalized spacial score (nSPS) is 52.8. The maximum absolute atomic E-state index is 14.9. The lowest BCUT2D eigenvalue weighted by atomic mass is 9.33. The molecule has 0 unspecified atom stereocenters. The number of allylic oxidation sites excluding steroid dienone is 2. The molecule has 7 rings (SSSR count). The van der Waals surface area contributed by atoms with E-state index in [4.69, 9.17) is 23.7 Å². The molecule has 56 heavy (non-hydrogen) atoms. The Kier molecular flexibility index (Phi) is 11.1. The zero-order valence-corrected chi connectivity index (χ0v) is 34.6. The van der Waals surface area contributed by atoms with Crippen molar-refractivity contribution in [3.05, 3.63) is 11.6 Å². The molecule has 0 radical (unpaired) electrons. The van der Waals surface area contributed by atoms with Crippen LogP contribution < -0.4 is 0 Å². The van der Waals surface area contributed by atoms with Crippen molar-refractivity contribution >= 4 is 11.8 Å². The van der Waals surface area contributed by atoms with Crippen LogP contribution >= 0.6 is 0 Å². The summed E-state index contributed by atoms with van der Waals surface area (Å²) in [5.74, 6) is 0.183. The predicted molar refractivity (Wildman–Crippen MR) is 201 cm³/mol. The summed E-state index contributed by atoms with van der Waals surface area (Å²) in [6.07, 6.45) is -2.29. The number of fused-ring (bicyclic) bond motifs is 7. The van der Waals surface area contributed by atoms with Gasteiger partial charge in [-0.15, -0.1) is 0 Å². The van der Waals surface area contributed by atoms with Crippen molar-refractivity contribution in [2.45, 2.75) is 174 Å². The molecule has 0 bridgehead atoms. The summed E-state index contributed by atoms with van der Waals surface area (Å²) in [7, 11) is 1.47. The molecular weight excluding hydrogens is 724 g/mol. The number of ketones is 1. The number of ether oxygens (including phenoxy) is 5. The Morgan fingerprint density at radius 1 is 0.821 bits per heavy atom. The van der Waals surface area contributed by atoms with Gasteiger partial charge < -0.3 is 54.3 Å². The minimum absolute atomic E-state index is 0.00726. The molecule has 0 spiro atoms. The third kappa shape index (κ3) is 6.31. The van der Waals surface area contributed by atoms with Crippen LogP contribution in [0.3, 0.4) is 0 Å². The topological polar surface area (TPSA) is 202 Å². The second kappa shape index (κ2) is 14.6. The molecular formula is C43H68O13. The maximum atomic E-state index is 14.9. The van der Waals surface area contributed by atoms with Crippen molar-refractivity contribution in [2.24, 2.45) is 50.2 Å². The number of aliphatic hydroxyl groups excluding tert-OH is 6. The Balaban J connectivity index is 1.08. The van der Waals surface area contributed by atoms with Crippen LogP contribution in [-0.4, -0.2) is 124 Å². The van der Waals surface area contributed by atoms with Gasteiger partial charge in [-0.1, -0.05) is 47.1 Å². The van der Waals surface area contributed by atoms with Crippen molar-refractivity contribution in [3.63, 3.8) is 0 Å². The van der Waals surface area contributed by atoms with Crippen LogP contribution in [0, 0.1) is 50.2 Å². The average molecular weight is 793 g/mol. The van der Waals surface area contributed by atoms with Gasteiger partial charge in [-0.25, -0.2) is 0 Å². The Morgan fingerprint density at radius 3 is 2.16 bits per heavy atom. The molecule has 0 aromatic carbocycles. The summed E-state index contributed by atoms with van der Waals surface area (Å²) in [6.45, 7) is 14.8. The number of hydrogen-bond donors (Lipinski definition) is 6. The highest BCUT2D eigenvalue weighted by molar-refractivity contribution is 5.95. The molecule has 0 aromatic heterocycles. The zero-order chi connectivity index (χ0) is 41.0. The van der Waals surface area contributed by atoms with Gasteiger partial charge in [-0.05, 0) is 110 Å². The lowest BCUT2D eigenvalue weighted by Crippen LogP contribution is -2.67. The monoisotopic (exact) mass is 792 g/mol. The van der Waals surface area contributed by atoms with E-state index in [9.17, 15) is 40.2 Å². The van der Waals surface area contributed by atoms with Crippen molar-refractivity contribution < 1.29 is 63.9 Å². The first-order valence-corrected chi connectivity index (χ1v) is 21.0. The smallest absolute Gasteiger partial charge is 0.311 e. The van der Waals surface area contributed by atoms with Crippen molar-refractivity contribution in [1.82, 2.24) is 0 Å². The largest absolute Gasteiger partial charge is 0.469 e. The van der Waals surface area contributed by atoms with Crippen LogP contribution in [-0.2, 0) is 33.3 Å². The molecule has 0 amide bonds. The van der Waals surface area contributed by atoms with Gasteiger partial charge in [-0.3, -0.25) is 9.59 Å². The molecule has 2 saturated heterocycles. The standard InChI is InChI=1S/C43H68O13/c1-38(2)28-9-12-43(7)35(25(47)17-22-23-19-40(4,37(51)52-8)14-13-39(23,3)15-16-42(22,43)6)41(28,5)11-10-29(38)55-30-18-24(46)34(27(21-45)53-30)56-36-33(50)32(49)31(48)26(20-44)54-36/h17,23-24,26-36,44-46,48-50H,9-16,18-21H2,1-8H3/t23-,24+,26+,27+,28-,29-,30+,31+,32-,33+,34-,35+,36+,39+,40-,41-,42+,43+/m0/s1. The third-order valence-corrected chi connectivity index (χ3v) is 17.3. The molecule has 6 N–H and O–H groups in total. The molecule has 4 saturated carbocycles. The lowest BCUT2D eigenvalue weighted by molar-refractivity contribution is -0.351. The summed E-state index contributed by atoms with van der Waals surface area (Å²) in [4.78, 5) is 27.9. The van der Waals surface area contributed by atoms with E-state index in [2.05, 4.69) is 41.5 Å². The first-order chi connectivity index (χ1) is 26.1. The minimum Gasteiger partial charge on any atom is -0.469 e. The van der Waals surface area contributed by atoms with E-state index >= 15 is 0 Å². The number of aliphatic hydroxyl groups is 6. The summed E-state index contributed by atoms with van der Waals surface area (Å²) >= 11 is 0. The Hall–Kier alpha value is -1.52. The highest BCUT2D eigenvalue weighted by atomic mass is 16.7. The number of carbonyl (C=O) groups excluding carboxylic acids is 2. The van der Waals surface area contributed by atoms with Crippen LogP contribution in [0.4, 0.5) is 0 Å². The van der Waals surface area contributed by atoms with Gasteiger partial charge in [0.25, 0.3) is 0 Å². The number of methoxy groups -OCH3 is 1. The highest BCUT2D eigenvalue weighted by Crippen LogP contribution is 2.75. The fourth-order valence-corrected chi connectivity index (χ4v) is 13.7. The molecule has 13 heteroatoms. The number of carbonyl (C=O) groups is 2. The van der Waals surface area contributed by atoms with Crippen LogP contribution in [0.5, 0.6) is 0 Å². The van der Waals surface area contributed by atoms with Gasteiger partial charge >= 0.3 is 5.97 Å². The summed E-state index contributed by atoms with van der Waals surface area (Å²) in [5, 5.41) is 62.1. The van der Waals surface area contributed by atoms with Gasteiger partial charge in [0.05, 0.1) is 37.9 Å². The fourth-order valence-electron chi connectivity index (χ4n) is 13.7. The van der Waals surface area contributed by atoms with Crippen molar-refractivity contribution in [1.29, 1.82) is 0 Å². The first kappa shape index (κ1) is 42.6. The molecule has 318 valence electrons. The van der Waals surface area contributed by atoms with E-state index in [1.807, 2.05) is 13.0 Å². The molecule has 2 aliphatic heterocycles. The van der Waals surface area contributed by atoms with Gasteiger partial charge in [0.1, 0.15) is 36.6 Å². The number of hydrogen-bond acceptors (Lipinski definition) is 13. The first-order valence-electron chi connectivity index (χ1n) is 21.0. The van der Waals surface area contributed by atoms with E-state index in [1.54, 1.807) is 0 Å². The van der Waals surface area contributed by atoms with Gasteiger partial charge in [-0.2, -0.15) is 0 Å². The number of rotatable bonds is 7. The second-order valence-electron chi connectivity index (χ2n) is 20.6.